The van der Waals surface area contributed by atoms with Crippen LogP contribution >= 0.6 is 0 Å². The Bertz CT molecular complexity index is 242. The molecule has 0 bridgehead atoms. The van der Waals surface area contributed by atoms with E-state index in [-0.39, 0.29) is 0 Å². The summed E-state index contributed by atoms with van der Waals surface area (Å²) >= 11 is 0. The molecule has 0 radical (unpaired) electrons. The van der Waals surface area contributed by atoms with Crippen LogP contribution in [0.5, 0.6) is 0 Å². The molecule has 2 rings (SSSR count). The molecule has 1 fully saturated rings. The number of hydrogen-bond donors (Lipinski definition) is 3. The van der Waals surface area contributed by atoms with Crippen LogP contribution in [0.4, 0.5) is 0 Å². The molecule has 1 aromatic rings. The average Bonchev–Trinajstić information content (AvgIpc) is 2.87. The van der Waals surface area contributed by atoms with E-state index < -0.39 is 0 Å². The van der Waals surface area contributed by atoms with E-state index in [0.29, 0.717) is 0 Å². The van der Waals surface area contributed by atoms with Crippen LogP contribution in [0, 0.1) is 0 Å². The number of nitrogens with one attached hydrogen (secondary N) is 3. The molecule has 14 heavy (non-hydrogen) atoms. The summed E-state index contributed by atoms with van der Waals surface area (Å²) in [5.41, 5.74) is 0.972. The van der Waals surface area contributed by atoms with Crippen molar-refractivity contribution < 1.29 is 0 Å². The summed E-state index contributed by atoms with van der Waals surface area (Å²) < 4.78 is 0. The Balaban J connectivity index is 1.43. The van der Waals surface area contributed by atoms with Gasteiger partial charge in [0.1, 0.15) is 0 Å². The standard InChI is InChI=1S/C9H17N5/c1(5-11-8-2-3-8)4-10-6-9-7-12-14-13-9/h7-8,10-11H,1-6H2,(H,12,13,14). The molecule has 1 aliphatic rings. The van der Waals surface area contributed by atoms with Crippen LogP contribution in [0.2, 0.25) is 0 Å². The quantitative estimate of drug-likeness (QED) is 0.537. The molecule has 5 heteroatoms. The maximum Gasteiger partial charge on any atom is 0.0962 e. The highest BCUT2D eigenvalue weighted by atomic mass is 15.3. The minimum atomic E-state index is 0.805. The highest BCUT2D eigenvalue weighted by molar-refractivity contribution is 4.89. The SMILES string of the molecule is c1n[nH]nc1CNCCCNC1CC1. The van der Waals surface area contributed by atoms with Crippen LogP contribution in [-0.2, 0) is 6.54 Å². The topological polar surface area (TPSA) is 65.6 Å². The molecule has 0 amide bonds. The molecule has 1 aromatic heterocycles. The van der Waals surface area contributed by atoms with E-state index in [1.165, 1.54) is 19.3 Å². The second-order valence-corrected chi connectivity index (χ2v) is 3.72. The lowest BCUT2D eigenvalue weighted by atomic mass is 10.4. The summed E-state index contributed by atoms with van der Waals surface area (Å²) in [5.74, 6) is 0. The van der Waals surface area contributed by atoms with E-state index in [1.807, 2.05) is 0 Å². The number of aromatic nitrogens is 3. The molecule has 1 heterocycles. The van der Waals surface area contributed by atoms with Gasteiger partial charge in [-0.05, 0) is 32.4 Å². The number of aromatic amines is 1. The van der Waals surface area contributed by atoms with Crippen LogP contribution < -0.4 is 10.6 Å². The molecule has 0 spiro atoms. The molecule has 1 saturated carbocycles. The van der Waals surface area contributed by atoms with Crippen molar-refractivity contribution in [1.82, 2.24) is 26.0 Å². The fourth-order valence-electron chi connectivity index (χ4n) is 1.33. The zero-order chi connectivity index (χ0) is 9.64. The molecule has 0 aromatic carbocycles. The van der Waals surface area contributed by atoms with Gasteiger partial charge in [0, 0.05) is 12.6 Å². The van der Waals surface area contributed by atoms with Gasteiger partial charge in [-0.15, -0.1) is 0 Å². The fourth-order valence-corrected chi connectivity index (χ4v) is 1.33. The zero-order valence-electron chi connectivity index (χ0n) is 8.29. The Morgan fingerprint density at radius 2 is 2.36 bits per heavy atom. The van der Waals surface area contributed by atoms with Gasteiger partial charge in [-0.1, -0.05) is 0 Å². The van der Waals surface area contributed by atoms with Gasteiger partial charge >= 0.3 is 0 Å². The van der Waals surface area contributed by atoms with Gasteiger partial charge in [-0.25, -0.2) is 0 Å². The Hall–Kier alpha value is -0.940. The Kier molecular flexibility index (Phi) is 3.48. The Morgan fingerprint density at radius 3 is 3.07 bits per heavy atom. The number of hydrogen-bond acceptors (Lipinski definition) is 4. The summed E-state index contributed by atoms with van der Waals surface area (Å²) in [4.78, 5) is 0. The predicted molar refractivity (Wildman–Crippen MR) is 53.7 cm³/mol. The van der Waals surface area contributed by atoms with E-state index in [1.54, 1.807) is 6.20 Å². The fraction of sp³-hybridized carbons (Fsp3) is 0.778. The van der Waals surface area contributed by atoms with Crippen LogP contribution in [0.3, 0.4) is 0 Å². The number of rotatable bonds is 7. The lowest BCUT2D eigenvalue weighted by Gasteiger charge is -2.03. The summed E-state index contributed by atoms with van der Waals surface area (Å²) in [6, 6.07) is 0.825. The van der Waals surface area contributed by atoms with E-state index in [0.717, 1.165) is 31.4 Å². The zero-order valence-corrected chi connectivity index (χ0v) is 8.29. The molecule has 0 unspecified atom stereocenters. The first-order chi connectivity index (χ1) is 6.95. The van der Waals surface area contributed by atoms with E-state index in [4.69, 9.17) is 0 Å². The molecule has 3 N–H and O–H groups in total. The van der Waals surface area contributed by atoms with E-state index in [2.05, 4.69) is 26.0 Å². The van der Waals surface area contributed by atoms with Gasteiger partial charge < -0.3 is 10.6 Å². The molecule has 0 aliphatic heterocycles. The van der Waals surface area contributed by atoms with Crippen molar-refractivity contribution in [3.63, 3.8) is 0 Å². The van der Waals surface area contributed by atoms with Crippen molar-refractivity contribution in [3.8, 4) is 0 Å². The summed E-state index contributed by atoms with van der Waals surface area (Å²) in [7, 11) is 0. The summed E-state index contributed by atoms with van der Waals surface area (Å²) in [6.45, 7) is 2.96. The lowest BCUT2D eigenvalue weighted by molar-refractivity contribution is 0.589. The van der Waals surface area contributed by atoms with E-state index in [9.17, 15) is 0 Å². The normalized spacial score (nSPS) is 16.0. The van der Waals surface area contributed by atoms with Gasteiger partial charge in [0.15, 0.2) is 0 Å². The third-order valence-corrected chi connectivity index (χ3v) is 2.31. The number of H-pyrrole nitrogens is 1. The van der Waals surface area contributed by atoms with Crippen molar-refractivity contribution in [2.45, 2.75) is 31.8 Å². The Labute approximate surface area is 83.7 Å². The van der Waals surface area contributed by atoms with Gasteiger partial charge in [-0.3, -0.25) is 0 Å². The number of nitrogens with zero attached hydrogens (tertiary/aromatic N) is 2. The van der Waals surface area contributed by atoms with Crippen LogP contribution in [0.15, 0.2) is 6.20 Å². The third-order valence-electron chi connectivity index (χ3n) is 2.31. The van der Waals surface area contributed by atoms with Gasteiger partial charge in [-0.2, -0.15) is 15.4 Å². The van der Waals surface area contributed by atoms with Crippen molar-refractivity contribution in [3.05, 3.63) is 11.9 Å². The highest BCUT2D eigenvalue weighted by Gasteiger charge is 2.19. The van der Waals surface area contributed by atoms with Crippen molar-refractivity contribution >= 4 is 0 Å². The van der Waals surface area contributed by atoms with Gasteiger partial charge in [0.05, 0.1) is 11.9 Å². The van der Waals surface area contributed by atoms with Crippen LogP contribution in [-0.4, -0.2) is 34.5 Å². The molecule has 5 nitrogen and oxygen atoms in total. The molecule has 1 aliphatic carbocycles. The third kappa shape index (κ3) is 3.43. The monoisotopic (exact) mass is 195 g/mol. The smallest absolute Gasteiger partial charge is 0.0962 e. The molecular formula is C9H17N5. The second kappa shape index (κ2) is 5.07. The minimum Gasteiger partial charge on any atom is -0.314 e. The van der Waals surface area contributed by atoms with Gasteiger partial charge in [0.2, 0.25) is 0 Å². The maximum atomic E-state index is 3.96. The molecular weight excluding hydrogens is 178 g/mol. The van der Waals surface area contributed by atoms with E-state index >= 15 is 0 Å². The molecule has 78 valence electrons. The first-order valence-corrected chi connectivity index (χ1v) is 5.24. The van der Waals surface area contributed by atoms with Gasteiger partial charge in [0.25, 0.3) is 0 Å². The predicted octanol–water partition coefficient (Wildman–Crippen LogP) is 0.0364. The van der Waals surface area contributed by atoms with Crippen LogP contribution in [0.25, 0.3) is 0 Å². The minimum absolute atomic E-state index is 0.805. The second-order valence-electron chi connectivity index (χ2n) is 3.72. The first kappa shape index (κ1) is 9.61. The summed E-state index contributed by atoms with van der Waals surface area (Å²) in [6.07, 6.45) is 5.66. The molecule has 0 atom stereocenters. The summed E-state index contributed by atoms with van der Waals surface area (Å²) in [5, 5.41) is 17.1. The Morgan fingerprint density at radius 1 is 1.43 bits per heavy atom. The lowest BCUT2D eigenvalue weighted by Crippen LogP contribution is -2.23. The van der Waals surface area contributed by atoms with Crippen LogP contribution in [0.1, 0.15) is 25.0 Å². The average molecular weight is 195 g/mol. The largest absolute Gasteiger partial charge is 0.314 e. The highest BCUT2D eigenvalue weighted by Crippen LogP contribution is 2.18. The van der Waals surface area contributed by atoms with Crippen molar-refractivity contribution in [2.75, 3.05) is 13.1 Å². The maximum absolute atomic E-state index is 3.96. The molecule has 0 saturated heterocycles. The van der Waals surface area contributed by atoms with Crippen molar-refractivity contribution in [1.29, 1.82) is 0 Å². The first-order valence-electron chi connectivity index (χ1n) is 5.24. The van der Waals surface area contributed by atoms with Crippen molar-refractivity contribution in [2.24, 2.45) is 0 Å².